The van der Waals surface area contributed by atoms with Crippen LogP contribution in [0.1, 0.15) is 65.2 Å². The molecule has 0 bridgehead atoms. The van der Waals surface area contributed by atoms with E-state index < -0.39 is 7.82 Å². The van der Waals surface area contributed by atoms with Gasteiger partial charge >= 0.3 is 7.82 Å². The van der Waals surface area contributed by atoms with Crippen molar-refractivity contribution in [2.45, 2.75) is 65.2 Å². The van der Waals surface area contributed by atoms with Crippen molar-refractivity contribution in [3.8, 4) is 0 Å². The smallest absolute Gasteiger partial charge is 0.404 e. The number of phosphoric acid groups is 1. The second-order valence-corrected chi connectivity index (χ2v) is 7.79. The van der Waals surface area contributed by atoms with E-state index in [9.17, 15) is 9.46 Å². The zero-order chi connectivity index (χ0) is 22.2. The molecule has 0 unspecified atom stereocenters. The van der Waals surface area contributed by atoms with E-state index in [0.717, 1.165) is 51.4 Å². The number of nitrogens with zero attached hydrogens (tertiary/aromatic N) is 1. The molecule has 0 heterocycles. The lowest BCUT2D eigenvalue weighted by atomic mass is 10.2. The van der Waals surface area contributed by atoms with Crippen LogP contribution in [0.2, 0.25) is 0 Å². The minimum absolute atomic E-state index is 0.0694. The highest BCUT2D eigenvalue weighted by molar-refractivity contribution is 7.47. The zero-order valence-electron chi connectivity index (χ0n) is 18.1. The van der Waals surface area contributed by atoms with Crippen LogP contribution in [0, 0.1) is 0 Å². The van der Waals surface area contributed by atoms with Crippen LogP contribution in [0.5, 0.6) is 0 Å². The Hall–Kier alpha value is -0.890. The van der Waals surface area contributed by atoms with Gasteiger partial charge in [0.05, 0.1) is 32.3 Å². The Morgan fingerprint density at radius 3 is 1.45 bits per heavy atom. The van der Waals surface area contributed by atoms with Gasteiger partial charge in [-0.2, -0.15) is 0 Å². The van der Waals surface area contributed by atoms with Gasteiger partial charge in [-0.25, -0.2) is 4.57 Å². The molecule has 0 radical (unpaired) electrons. The minimum atomic E-state index is -3.98. The summed E-state index contributed by atoms with van der Waals surface area (Å²) in [6, 6.07) is 0. The van der Waals surface area contributed by atoms with Crippen molar-refractivity contribution in [1.29, 1.82) is 0 Å². The van der Waals surface area contributed by atoms with Crippen LogP contribution >= 0.6 is 7.82 Å². The van der Waals surface area contributed by atoms with E-state index in [1.54, 1.807) is 17.1 Å². The Balaban J connectivity index is 0. The fraction of sp³-hybridized carbons (Fsp3) is 0.800. The lowest BCUT2D eigenvalue weighted by Gasteiger charge is -2.17. The summed E-state index contributed by atoms with van der Waals surface area (Å²) in [4.78, 5) is 11.1. The second kappa shape index (κ2) is 23.4. The van der Waals surface area contributed by atoms with Gasteiger partial charge in [-0.1, -0.05) is 39.5 Å². The minimum Gasteiger partial charge on any atom is -0.404 e. The first-order valence-corrected chi connectivity index (χ1v) is 12.0. The molecule has 0 aromatic heterocycles. The maximum absolute atomic E-state index is 11.4. The van der Waals surface area contributed by atoms with Gasteiger partial charge in [0.1, 0.15) is 0 Å². The molecule has 0 rings (SSSR count). The van der Waals surface area contributed by atoms with E-state index >= 15 is 0 Å². The fourth-order valence-corrected chi connectivity index (χ4v) is 2.71. The van der Waals surface area contributed by atoms with Crippen molar-refractivity contribution < 1.29 is 33.8 Å². The molecular weight excluding hydrogens is 397 g/mol. The highest BCUT2D eigenvalue weighted by Crippen LogP contribution is 2.43. The lowest BCUT2D eigenvalue weighted by molar-refractivity contribution is 0.136. The maximum Gasteiger partial charge on any atom is 0.583 e. The van der Waals surface area contributed by atoms with Crippen LogP contribution in [0.25, 0.3) is 0 Å². The SMILES string of the molecule is CCCCCC=COP(=O)(O)OC=CCCCCC.OCCN(CCO)CCO. The van der Waals surface area contributed by atoms with Gasteiger partial charge in [0.25, 0.3) is 0 Å². The van der Waals surface area contributed by atoms with Gasteiger partial charge in [0.2, 0.25) is 0 Å². The van der Waals surface area contributed by atoms with E-state index in [2.05, 4.69) is 13.8 Å². The summed E-state index contributed by atoms with van der Waals surface area (Å²) < 4.78 is 20.8. The van der Waals surface area contributed by atoms with Gasteiger partial charge < -0.3 is 24.4 Å². The van der Waals surface area contributed by atoms with Gasteiger partial charge in [-0.05, 0) is 37.8 Å². The van der Waals surface area contributed by atoms with Crippen molar-refractivity contribution in [3.05, 3.63) is 24.7 Å². The van der Waals surface area contributed by atoms with Crippen molar-refractivity contribution in [2.24, 2.45) is 0 Å². The van der Waals surface area contributed by atoms with Crippen LogP contribution < -0.4 is 0 Å². The first-order chi connectivity index (χ1) is 14.0. The van der Waals surface area contributed by atoms with Gasteiger partial charge in [-0.15, -0.1) is 0 Å². The largest absolute Gasteiger partial charge is 0.583 e. The second-order valence-electron chi connectivity index (χ2n) is 6.43. The molecule has 0 aromatic rings. The molecule has 4 N–H and O–H groups in total. The summed E-state index contributed by atoms with van der Waals surface area (Å²) in [5.41, 5.74) is 0. The quantitative estimate of drug-likeness (QED) is 0.145. The van der Waals surface area contributed by atoms with Crippen molar-refractivity contribution in [1.82, 2.24) is 4.90 Å². The predicted octanol–water partition coefficient (Wildman–Crippen LogP) is 3.57. The molecule has 0 saturated heterocycles. The van der Waals surface area contributed by atoms with Crippen LogP contribution in [0.15, 0.2) is 24.7 Å². The molecule has 174 valence electrons. The molecular formula is C20H42NO7P. The van der Waals surface area contributed by atoms with Crippen molar-refractivity contribution in [2.75, 3.05) is 39.5 Å². The molecule has 0 aliphatic heterocycles. The van der Waals surface area contributed by atoms with E-state index in [0.29, 0.717) is 19.6 Å². The van der Waals surface area contributed by atoms with E-state index in [1.807, 2.05) is 0 Å². The molecule has 29 heavy (non-hydrogen) atoms. The molecule has 8 nitrogen and oxygen atoms in total. The van der Waals surface area contributed by atoms with Gasteiger partial charge in [0.15, 0.2) is 0 Å². The molecule has 0 aromatic carbocycles. The standard InChI is InChI=1S/C14H27O4P.C6H15NO3/c1-3-5-7-9-11-13-17-19(15,16)18-14-12-10-8-6-4-2;8-4-1-7(2-5-9)3-6-10/h11-14H,3-10H2,1-2H3,(H,15,16);8-10H,1-6H2. The molecule has 0 fully saturated rings. The average Bonchev–Trinajstić information content (AvgIpc) is 2.68. The topological polar surface area (TPSA) is 120 Å². The first-order valence-electron chi connectivity index (χ1n) is 10.5. The molecule has 0 aliphatic carbocycles. The summed E-state index contributed by atoms with van der Waals surface area (Å²) in [5, 5.41) is 25.5. The van der Waals surface area contributed by atoms with E-state index in [1.165, 1.54) is 12.5 Å². The van der Waals surface area contributed by atoms with Gasteiger partial charge in [-0.3, -0.25) is 9.79 Å². The molecule has 9 heteroatoms. The number of allylic oxidation sites excluding steroid dienone is 2. The predicted molar refractivity (Wildman–Crippen MR) is 116 cm³/mol. The Labute approximate surface area is 176 Å². The number of rotatable bonds is 18. The molecule has 0 atom stereocenters. The monoisotopic (exact) mass is 439 g/mol. The van der Waals surface area contributed by atoms with E-state index in [-0.39, 0.29) is 19.8 Å². The third-order valence-corrected chi connectivity index (χ3v) is 4.55. The van der Waals surface area contributed by atoms with Gasteiger partial charge in [0, 0.05) is 19.6 Å². The average molecular weight is 440 g/mol. The molecule has 0 saturated carbocycles. The van der Waals surface area contributed by atoms with Crippen LogP contribution in [0.3, 0.4) is 0 Å². The summed E-state index contributed by atoms with van der Waals surface area (Å²) >= 11 is 0. The number of unbranched alkanes of at least 4 members (excludes halogenated alkanes) is 6. The number of aliphatic hydroxyl groups excluding tert-OH is 3. The fourth-order valence-electron chi connectivity index (χ4n) is 2.18. The Morgan fingerprint density at radius 2 is 1.14 bits per heavy atom. The third-order valence-electron chi connectivity index (χ3n) is 3.78. The normalized spacial score (nSPS) is 13.5. The summed E-state index contributed by atoms with van der Waals surface area (Å²) in [5.74, 6) is 0. The lowest BCUT2D eigenvalue weighted by Crippen LogP contribution is -2.32. The number of hydrogen-bond donors (Lipinski definition) is 4. The Morgan fingerprint density at radius 1 is 0.759 bits per heavy atom. The summed E-state index contributed by atoms with van der Waals surface area (Å²) in [7, 11) is -3.98. The van der Waals surface area contributed by atoms with Crippen LogP contribution in [0.4, 0.5) is 0 Å². The first kappa shape index (κ1) is 30.3. The highest BCUT2D eigenvalue weighted by atomic mass is 31.2. The van der Waals surface area contributed by atoms with Crippen LogP contribution in [-0.2, 0) is 13.6 Å². The van der Waals surface area contributed by atoms with Crippen molar-refractivity contribution >= 4 is 7.82 Å². The van der Waals surface area contributed by atoms with E-state index in [4.69, 9.17) is 24.4 Å². The zero-order valence-corrected chi connectivity index (χ0v) is 19.0. The number of aliphatic hydroxyl groups is 3. The molecule has 0 aliphatic rings. The summed E-state index contributed by atoms with van der Waals surface area (Å²) in [6.07, 6.45) is 14.4. The Bertz CT molecular complexity index is 393. The van der Waals surface area contributed by atoms with Crippen molar-refractivity contribution in [3.63, 3.8) is 0 Å². The molecule has 0 amide bonds. The summed E-state index contributed by atoms with van der Waals surface area (Å²) in [6.45, 7) is 6.01. The maximum atomic E-state index is 11.4. The highest BCUT2D eigenvalue weighted by Gasteiger charge is 2.19. The van der Waals surface area contributed by atoms with Crippen LogP contribution in [-0.4, -0.2) is 64.6 Å². The number of hydrogen-bond acceptors (Lipinski definition) is 7. The third kappa shape index (κ3) is 25.1. The number of phosphoric ester groups is 1. The molecule has 0 spiro atoms. The Kier molecular flexibility index (Phi) is 24.4.